The molecule has 0 radical (unpaired) electrons. The molecule has 2 unspecified atom stereocenters. The van der Waals surface area contributed by atoms with E-state index in [1.807, 2.05) is 18.8 Å². The summed E-state index contributed by atoms with van der Waals surface area (Å²) in [6.45, 7) is 2.31. The molecule has 1 aromatic rings. The first-order chi connectivity index (χ1) is 6.25. The van der Waals surface area contributed by atoms with Crippen molar-refractivity contribution in [2.24, 2.45) is 13.0 Å². The standard InChI is InChI=1S/C8H14N4S/c1-6-3-4-7(5-6)13-8-9-10-11-12(8)2/h6-7H,3-5H2,1-2H3. The lowest BCUT2D eigenvalue weighted by molar-refractivity contribution is 0.613. The van der Waals surface area contributed by atoms with Crippen LogP contribution in [0.4, 0.5) is 0 Å². The van der Waals surface area contributed by atoms with Crippen LogP contribution in [0.5, 0.6) is 0 Å². The molecule has 0 aliphatic heterocycles. The Kier molecular flexibility index (Phi) is 2.53. The van der Waals surface area contributed by atoms with E-state index < -0.39 is 0 Å². The SMILES string of the molecule is CC1CCC(Sc2nnnn2C)C1. The van der Waals surface area contributed by atoms with Crippen molar-refractivity contribution in [3.8, 4) is 0 Å². The highest BCUT2D eigenvalue weighted by Crippen LogP contribution is 2.36. The van der Waals surface area contributed by atoms with Gasteiger partial charge in [0.1, 0.15) is 0 Å². The number of hydrogen-bond acceptors (Lipinski definition) is 4. The van der Waals surface area contributed by atoms with Crippen LogP contribution in [0.1, 0.15) is 26.2 Å². The Morgan fingerprint density at radius 2 is 2.31 bits per heavy atom. The lowest BCUT2D eigenvalue weighted by Gasteiger charge is -2.06. The number of tetrazole rings is 1. The summed E-state index contributed by atoms with van der Waals surface area (Å²) in [4.78, 5) is 0. The second kappa shape index (κ2) is 3.65. The predicted molar refractivity (Wildman–Crippen MR) is 51.5 cm³/mol. The third kappa shape index (κ3) is 2.02. The number of thioether (sulfide) groups is 1. The number of nitrogens with zero attached hydrogens (tertiary/aromatic N) is 4. The average Bonchev–Trinajstić information content (AvgIpc) is 2.64. The van der Waals surface area contributed by atoms with Gasteiger partial charge >= 0.3 is 0 Å². The monoisotopic (exact) mass is 198 g/mol. The van der Waals surface area contributed by atoms with Gasteiger partial charge in [-0.1, -0.05) is 18.7 Å². The van der Waals surface area contributed by atoms with E-state index in [1.165, 1.54) is 19.3 Å². The predicted octanol–water partition coefficient (Wildman–Crippen LogP) is 1.49. The Bertz CT molecular complexity index is 285. The zero-order chi connectivity index (χ0) is 9.26. The van der Waals surface area contributed by atoms with Gasteiger partial charge in [-0.2, -0.15) is 0 Å². The quantitative estimate of drug-likeness (QED) is 0.722. The van der Waals surface area contributed by atoms with Crippen molar-refractivity contribution in [2.45, 2.75) is 36.6 Å². The van der Waals surface area contributed by atoms with Crippen LogP contribution < -0.4 is 0 Å². The number of hydrogen-bond donors (Lipinski definition) is 0. The number of aryl methyl sites for hydroxylation is 1. The second-order valence-corrected chi connectivity index (χ2v) is 5.01. The molecule has 1 aliphatic rings. The first-order valence-corrected chi connectivity index (χ1v) is 5.52. The summed E-state index contributed by atoms with van der Waals surface area (Å²) < 4.78 is 1.74. The summed E-state index contributed by atoms with van der Waals surface area (Å²) in [6.07, 6.45) is 3.96. The molecule has 72 valence electrons. The maximum absolute atomic E-state index is 3.97. The Labute approximate surface area is 82.1 Å². The fourth-order valence-electron chi connectivity index (χ4n) is 1.73. The van der Waals surface area contributed by atoms with Crippen molar-refractivity contribution >= 4 is 11.8 Å². The van der Waals surface area contributed by atoms with Crippen LogP contribution in [0.25, 0.3) is 0 Å². The highest BCUT2D eigenvalue weighted by atomic mass is 32.2. The van der Waals surface area contributed by atoms with E-state index in [2.05, 4.69) is 22.4 Å². The smallest absolute Gasteiger partial charge is 0.209 e. The molecule has 1 aromatic heterocycles. The highest BCUT2D eigenvalue weighted by molar-refractivity contribution is 7.99. The maximum Gasteiger partial charge on any atom is 0.209 e. The molecule has 0 spiro atoms. The summed E-state index contributed by atoms with van der Waals surface area (Å²) in [5.74, 6) is 0.874. The van der Waals surface area contributed by atoms with Gasteiger partial charge in [-0.15, -0.1) is 5.10 Å². The molecule has 1 fully saturated rings. The van der Waals surface area contributed by atoms with Crippen LogP contribution in [0.2, 0.25) is 0 Å². The minimum atomic E-state index is 0.722. The third-order valence-electron chi connectivity index (χ3n) is 2.50. The summed E-state index contributed by atoms with van der Waals surface area (Å²) in [6, 6.07) is 0. The highest BCUT2D eigenvalue weighted by Gasteiger charge is 2.23. The zero-order valence-corrected chi connectivity index (χ0v) is 8.79. The fourth-order valence-corrected chi connectivity index (χ4v) is 2.98. The van der Waals surface area contributed by atoms with Gasteiger partial charge in [-0.3, -0.25) is 0 Å². The lowest BCUT2D eigenvalue weighted by atomic mass is 10.1. The van der Waals surface area contributed by atoms with E-state index >= 15 is 0 Å². The zero-order valence-electron chi connectivity index (χ0n) is 7.97. The normalized spacial score (nSPS) is 28.2. The molecule has 2 atom stereocenters. The lowest BCUT2D eigenvalue weighted by Crippen LogP contribution is -2.00. The molecule has 1 heterocycles. The van der Waals surface area contributed by atoms with E-state index in [0.29, 0.717) is 0 Å². The molecular weight excluding hydrogens is 184 g/mol. The van der Waals surface area contributed by atoms with Crippen LogP contribution in [0.3, 0.4) is 0 Å². The van der Waals surface area contributed by atoms with Gasteiger partial charge in [0.25, 0.3) is 0 Å². The van der Waals surface area contributed by atoms with Gasteiger partial charge in [0.15, 0.2) is 0 Å². The van der Waals surface area contributed by atoms with E-state index in [0.717, 1.165) is 16.3 Å². The Balaban J connectivity index is 1.95. The molecule has 1 saturated carbocycles. The summed E-state index contributed by atoms with van der Waals surface area (Å²) in [5.41, 5.74) is 0. The van der Waals surface area contributed by atoms with Crippen molar-refractivity contribution in [2.75, 3.05) is 0 Å². The fraction of sp³-hybridized carbons (Fsp3) is 0.875. The van der Waals surface area contributed by atoms with Crippen molar-refractivity contribution in [1.82, 2.24) is 20.2 Å². The minimum Gasteiger partial charge on any atom is -0.224 e. The Morgan fingerprint density at radius 3 is 2.85 bits per heavy atom. The molecular formula is C8H14N4S. The molecule has 0 amide bonds. The van der Waals surface area contributed by atoms with Crippen molar-refractivity contribution in [3.63, 3.8) is 0 Å². The summed E-state index contributed by atoms with van der Waals surface area (Å²) >= 11 is 1.82. The van der Waals surface area contributed by atoms with Gasteiger partial charge in [-0.25, -0.2) is 4.68 Å². The molecule has 5 heteroatoms. The van der Waals surface area contributed by atoms with Crippen LogP contribution in [0.15, 0.2) is 5.16 Å². The van der Waals surface area contributed by atoms with Crippen molar-refractivity contribution in [1.29, 1.82) is 0 Å². The average molecular weight is 198 g/mol. The van der Waals surface area contributed by atoms with Crippen LogP contribution in [-0.2, 0) is 7.05 Å². The summed E-state index contributed by atoms with van der Waals surface area (Å²) in [7, 11) is 1.89. The van der Waals surface area contributed by atoms with Crippen molar-refractivity contribution < 1.29 is 0 Å². The van der Waals surface area contributed by atoms with E-state index in [4.69, 9.17) is 0 Å². The Morgan fingerprint density at radius 1 is 1.46 bits per heavy atom. The van der Waals surface area contributed by atoms with Gasteiger partial charge in [0.2, 0.25) is 5.16 Å². The van der Waals surface area contributed by atoms with Gasteiger partial charge in [-0.05, 0) is 35.6 Å². The van der Waals surface area contributed by atoms with Crippen molar-refractivity contribution in [3.05, 3.63) is 0 Å². The largest absolute Gasteiger partial charge is 0.224 e. The van der Waals surface area contributed by atoms with Crippen LogP contribution >= 0.6 is 11.8 Å². The van der Waals surface area contributed by atoms with Crippen LogP contribution in [0, 0.1) is 5.92 Å². The molecule has 2 rings (SSSR count). The van der Waals surface area contributed by atoms with Gasteiger partial charge < -0.3 is 0 Å². The maximum atomic E-state index is 3.97. The topological polar surface area (TPSA) is 43.6 Å². The first-order valence-electron chi connectivity index (χ1n) is 4.64. The first kappa shape index (κ1) is 8.99. The second-order valence-electron chi connectivity index (χ2n) is 3.74. The molecule has 0 bridgehead atoms. The van der Waals surface area contributed by atoms with E-state index in [-0.39, 0.29) is 0 Å². The third-order valence-corrected chi connectivity index (χ3v) is 3.82. The molecule has 13 heavy (non-hydrogen) atoms. The van der Waals surface area contributed by atoms with E-state index in [9.17, 15) is 0 Å². The Hall–Kier alpha value is -0.580. The molecule has 4 nitrogen and oxygen atoms in total. The van der Waals surface area contributed by atoms with E-state index in [1.54, 1.807) is 4.68 Å². The molecule has 1 aliphatic carbocycles. The summed E-state index contributed by atoms with van der Waals surface area (Å²) in [5, 5.41) is 13.1. The van der Waals surface area contributed by atoms with Crippen LogP contribution in [-0.4, -0.2) is 25.5 Å². The molecule has 0 N–H and O–H groups in total. The van der Waals surface area contributed by atoms with Gasteiger partial charge in [0, 0.05) is 12.3 Å². The number of aromatic nitrogens is 4. The minimum absolute atomic E-state index is 0.722. The number of rotatable bonds is 2. The molecule has 0 saturated heterocycles. The van der Waals surface area contributed by atoms with Gasteiger partial charge in [0.05, 0.1) is 0 Å². The molecule has 0 aromatic carbocycles.